The Morgan fingerprint density at radius 1 is 1.12 bits per heavy atom. The Morgan fingerprint density at radius 2 is 1.79 bits per heavy atom. The Labute approximate surface area is 143 Å². The Balaban J connectivity index is 1.42. The maximum absolute atomic E-state index is 12.1. The van der Waals surface area contributed by atoms with E-state index in [0.29, 0.717) is 6.42 Å². The molecular formula is C18H27N3O3. The molecule has 0 aromatic heterocycles. The molecule has 0 atom stereocenters. The van der Waals surface area contributed by atoms with Gasteiger partial charge in [0.2, 0.25) is 5.91 Å². The van der Waals surface area contributed by atoms with Gasteiger partial charge >= 0.3 is 0 Å². The molecule has 2 fully saturated rings. The maximum Gasteiger partial charge on any atom is 0.225 e. The molecule has 1 aromatic carbocycles. The Kier molecular flexibility index (Phi) is 6.07. The maximum atomic E-state index is 12.1. The number of rotatable bonds is 5. The molecule has 2 N–H and O–H groups in total. The van der Waals surface area contributed by atoms with Crippen molar-refractivity contribution in [2.45, 2.75) is 25.4 Å². The van der Waals surface area contributed by atoms with Crippen molar-refractivity contribution in [1.29, 1.82) is 0 Å². The minimum absolute atomic E-state index is 0.0419. The van der Waals surface area contributed by atoms with E-state index in [-0.39, 0.29) is 12.0 Å². The summed E-state index contributed by atoms with van der Waals surface area (Å²) in [6.07, 6.45) is 1.94. The molecule has 0 radical (unpaired) electrons. The molecule has 132 valence electrons. The number of carbonyl (C=O) groups excluding carboxylic acids is 1. The van der Waals surface area contributed by atoms with Gasteiger partial charge < -0.3 is 25.0 Å². The van der Waals surface area contributed by atoms with Gasteiger partial charge in [-0.1, -0.05) is 0 Å². The molecule has 2 aliphatic rings. The Morgan fingerprint density at radius 3 is 2.46 bits per heavy atom. The van der Waals surface area contributed by atoms with Crippen molar-refractivity contribution in [3.8, 4) is 0 Å². The van der Waals surface area contributed by atoms with Gasteiger partial charge in [-0.15, -0.1) is 0 Å². The highest BCUT2D eigenvalue weighted by atomic mass is 16.5. The number of hydrogen-bond acceptors (Lipinski definition) is 5. The molecule has 0 bridgehead atoms. The van der Waals surface area contributed by atoms with Crippen molar-refractivity contribution in [1.82, 2.24) is 4.90 Å². The van der Waals surface area contributed by atoms with E-state index in [1.54, 1.807) is 0 Å². The lowest BCUT2D eigenvalue weighted by molar-refractivity contribution is -0.116. The largest absolute Gasteiger partial charge is 0.393 e. The fourth-order valence-electron chi connectivity index (χ4n) is 3.20. The molecule has 1 amide bonds. The number of carbonyl (C=O) groups is 1. The van der Waals surface area contributed by atoms with Gasteiger partial charge in [0.05, 0.1) is 19.3 Å². The van der Waals surface area contributed by atoms with Crippen molar-refractivity contribution in [2.24, 2.45) is 0 Å². The minimum atomic E-state index is -0.167. The van der Waals surface area contributed by atoms with E-state index in [1.807, 2.05) is 24.3 Å². The number of likely N-dealkylation sites (tertiary alicyclic amines) is 1. The molecule has 6 heteroatoms. The third-order valence-electron chi connectivity index (χ3n) is 4.74. The highest BCUT2D eigenvalue weighted by Crippen LogP contribution is 2.19. The number of morpholine rings is 1. The molecule has 2 aliphatic heterocycles. The van der Waals surface area contributed by atoms with Crippen LogP contribution in [-0.4, -0.2) is 68.0 Å². The molecule has 6 nitrogen and oxygen atoms in total. The van der Waals surface area contributed by atoms with Gasteiger partial charge in [-0.2, -0.15) is 0 Å². The summed E-state index contributed by atoms with van der Waals surface area (Å²) in [5.41, 5.74) is 2.01. The summed E-state index contributed by atoms with van der Waals surface area (Å²) in [5, 5.41) is 12.5. The van der Waals surface area contributed by atoms with E-state index in [9.17, 15) is 9.90 Å². The highest BCUT2D eigenvalue weighted by Gasteiger charge is 2.17. The second-order valence-corrected chi connectivity index (χ2v) is 6.52. The van der Waals surface area contributed by atoms with Crippen LogP contribution in [0.1, 0.15) is 19.3 Å². The number of hydrogen-bond donors (Lipinski definition) is 2. The molecule has 24 heavy (non-hydrogen) atoms. The lowest BCUT2D eigenvalue weighted by atomic mass is 10.1. The van der Waals surface area contributed by atoms with Crippen LogP contribution in [0.4, 0.5) is 11.4 Å². The standard InChI is InChI=1S/C18H27N3O3/c22-17-5-8-20(9-6-17)10-7-18(23)19-15-1-3-16(4-2-15)21-11-13-24-14-12-21/h1-4,17,22H,5-14H2,(H,19,23). The molecule has 0 spiro atoms. The predicted octanol–water partition coefficient (Wildman–Crippen LogP) is 1.31. The zero-order chi connectivity index (χ0) is 16.8. The third-order valence-corrected chi connectivity index (χ3v) is 4.74. The molecule has 3 rings (SSSR count). The van der Waals surface area contributed by atoms with Crippen LogP contribution in [0.2, 0.25) is 0 Å². The molecular weight excluding hydrogens is 306 g/mol. The average molecular weight is 333 g/mol. The number of anilines is 2. The van der Waals surface area contributed by atoms with Crippen molar-refractivity contribution in [3.63, 3.8) is 0 Å². The summed E-state index contributed by atoms with van der Waals surface area (Å²) in [4.78, 5) is 16.6. The monoisotopic (exact) mass is 333 g/mol. The van der Waals surface area contributed by atoms with Crippen LogP contribution in [0.5, 0.6) is 0 Å². The van der Waals surface area contributed by atoms with E-state index in [1.165, 1.54) is 5.69 Å². The molecule has 0 aliphatic carbocycles. The predicted molar refractivity (Wildman–Crippen MR) is 94.4 cm³/mol. The first kappa shape index (κ1) is 17.2. The molecule has 2 saturated heterocycles. The molecule has 2 heterocycles. The molecule has 0 unspecified atom stereocenters. The van der Waals surface area contributed by atoms with E-state index >= 15 is 0 Å². The van der Waals surface area contributed by atoms with Crippen LogP contribution in [0.15, 0.2) is 24.3 Å². The van der Waals surface area contributed by atoms with E-state index in [4.69, 9.17) is 4.74 Å². The van der Waals surface area contributed by atoms with Crippen molar-refractivity contribution in [2.75, 3.05) is 56.2 Å². The van der Waals surface area contributed by atoms with Crippen molar-refractivity contribution >= 4 is 17.3 Å². The highest BCUT2D eigenvalue weighted by molar-refractivity contribution is 5.91. The first-order valence-corrected chi connectivity index (χ1v) is 8.84. The van der Waals surface area contributed by atoms with Gasteiger partial charge in [-0.3, -0.25) is 4.79 Å². The molecule has 1 aromatic rings. The lowest BCUT2D eigenvalue weighted by Gasteiger charge is -2.29. The average Bonchev–Trinajstić information content (AvgIpc) is 2.63. The molecule has 0 saturated carbocycles. The second kappa shape index (κ2) is 8.46. The van der Waals surface area contributed by atoms with Crippen LogP contribution < -0.4 is 10.2 Å². The Hall–Kier alpha value is -1.63. The number of piperidine rings is 1. The van der Waals surface area contributed by atoms with Gasteiger partial charge in [0, 0.05) is 50.5 Å². The summed E-state index contributed by atoms with van der Waals surface area (Å²) >= 11 is 0. The first-order chi connectivity index (χ1) is 11.7. The topological polar surface area (TPSA) is 65.0 Å². The van der Waals surface area contributed by atoms with Gasteiger partial charge in [0.1, 0.15) is 0 Å². The lowest BCUT2D eigenvalue weighted by Crippen LogP contribution is -2.37. The van der Waals surface area contributed by atoms with E-state index < -0.39 is 0 Å². The fraction of sp³-hybridized carbons (Fsp3) is 0.611. The van der Waals surface area contributed by atoms with Crippen LogP contribution in [0.3, 0.4) is 0 Å². The summed E-state index contributed by atoms with van der Waals surface area (Å²) in [7, 11) is 0. The Bertz CT molecular complexity index is 521. The normalized spacial score (nSPS) is 20.1. The van der Waals surface area contributed by atoms with Crippen LogP contribution >= 0.6 is 0 Å². The number of benzene rings is 1. The summed E-state index contributed by atoms with van der Waals surface area (Å²) in [6, 6.07) is 8.01. The van der Waals surface area contributed by atoms with Gasteiger partial charge in [-0.05, 0) is 37.1 Å². The van der Waals surface area contributed by atoms with Crippen LogP contribution in [0.25, 0.3) is 0 Å². The second-order valence-electron chi connectivity index (χ2n) is 6.52. The summed E-state index contributed by atoms with van der Waals surface area (Å²) < 4.78 is 5.36. The van der Waals surface area contributed by atoms with Crippen molar-refractivity contribution < 1.29 is 14.6 Å². The number of nitrogens with one attached hydrogen (secondary N) is 1. The number of aliphatic hydroxyl groups is 1. The summed E-state index contributed by atoms with van der Waals surface area (Å²) in [6.45, 7) is 5.88. The van der Waals surface area contributed by atoms with E-state index in [0.717, 1.165) is 64.5 Å². The van der Waals surface area contributed by atoms with Gasteiger partial charge in [-0.25, -0.2) is 0 Å². The number of nitrogens with zero attached hydrogens (tertiary/aromatic N) is 2. The SMILES string of the molecule is O=C(CCN1CCC(O)CC1)Nc1ccc(N2CCOCC2)cc1. The third kappa shape index (κ3) is 4.93. The zero-order valence-electron chi connectivity index (χ0n) is 14.1. The number of ether oxygens (including phenoxy) is 1. The first-order valence-electron chi connectivity index (χ1n) is 8.84. The number of aliphatic hydroxyl groups excluding tert-OH is 1. The van der Waals surface area contributed by atoms with Gasteiger partial charge in [0.25, 0.3) is 0 Å². The smallest absolute Gasteiger partial charge is 0.225 e. The minimum Gasteiger partial charge on any atom is -0.393 e. The van der Waals surface area contributed by atoms with E-state index in [2.05, 4.69) is 15.1 Å². The number of amides is 1. The van der Waals surface area contributed by atoms with Crippen LogP contribution in [0, 0.1) is 0 Å². The van der Waals surface area contributed by atoms with Gasteiger partial charge in [0.15, 0.2) is 0 Å². The van der Waals surface area contributed by atoms with Crippen LogP contribution in [-0.2, 0) is 9.53 Å². The fourth-order valence-corrected chi connectivity index (χ4v) is 3.20. The quantitative estimate of drug-likeness (QED) is 0.850. The summed E-state index contributed by atoms with van der Waals surface area (Å²) in [5.74, 6) is 0.0419. The van der Waals surface area contributed by atoms with Crippen molar-refractivity contribution in [3.05, 3.63) is 24.3 Å². The zero-order valence-corrected chi connectivity index (χ0v) is 14.1.